The van der Waals surface area contributed by atoms with Crippen molar-refractivity contribution in [1.29, 1.82) is 0 Å². The standard InChI is InChI=1S/C17H18N6O2S/c24-26(25,23-12-5-4-10-15(23)17-19-21-22-20-17)16-11-6-9-14(18-16)13-7-2-1-3-8-13/h1-3,6-9,11,15H,4-5,10,12H2,(H,19,20,21,22)/t15-/m1/s1. The number of aromatic amines is 1. The van der Waals surface area contributed by atoms with E-state index >= 15 is 0 Å². The highest BCUT2D eigenvalue weighted by atomic mass is 32.2. The lowest BCUT2D eigenvalue weighted by Crippen LogP contribution is -2.39. The average molecular weight is 370 g/mol. The average Bonchev–Trinajstić information content (AvgIpc) is 3.23. The first kappa shape index (κ1) is 16.8. The summed E-state index contributed by atoms with van der Waals surface area (Å²) in [7, 11) is -3.76. The Labute approximate surface area is 151 Å². The molecule has 1 fully saturated rings. The summed E-state index contributed by atoms with van der Waals surface area (Å²) >= 11 is 0. The van der Waals surface area contributed by atoms with Gasteiger partial charge in [0, 0.05) is 12.1 Å². The number of H-pyrrole nitrogens is 1. The van der Waals surface area contributed by atoms with Crippen molar-refractivity contribution in [2.75, 3.05) is 6.54 Å². The summed E-state index contributed by atoms with van der Waals surface area (Å²) in [4.78, 5) is 4.41. The summed E-state index contributed by atoms with van der Waals surface area (Å²) in [6.07, 6.45) is 2.40. The van der Waals surface area contributed by atoms with Crippen LogP contribution in [-0.4, -0.2) is 44.9 Å². The van der Waals surface area contributed by atoms with E-state index in [4.69, 9.17) is 0 Å². The van der Waals surface area contributed by atoms with Gasteiger partial charge in [0.25, 0.3) is 10.0 Å². The molecule has 4 rings (SSSR count). The minimum Gasteiger partial charge on any atom is -0.241 e. The molecule has 1 aromatic carbocycles. The van der Waals surface area contributed by atoms with Gasteiger partial charge in [0.15, 0.2) is 10.9 Å². The Kier molecular flexibility index (Phi) is 4.48. The third-order valence-electron chi connectivity index (χ3n) is 4.50. The number of aromatic nitrogens is 5. The molecule has 0 saturated carbocycles. The maximum atomic E-state index is 13.3. The molecule has 1 aliphatic heterocycles. The van der Waals surface area contributed by atoms with E-state index in [2.05, 4.69) is 25.6 Å². The predicted octanol–water partition coefficient (Wildman–Crippen LogP) is 2.18. The van der Waals surface area contributed by atoms with E-state index in [1.165, 1.54) is 10.4 Å². The van der Waals surface area contributed by atoms with Crippen molar-refractivity contribution < 1.29 is 8.42 Å². The van der Waals surface area contributed by atoms with Crippen LogP contribution in [0.4, 0.5) is 0 Å². The zero-order valence-electron chi connectivity index (χ0n) is 14.0. The molecule has 1 atom stereocenters. The molecule has 0 amide bonds. The second kappa shape index (κ2) is 6.93. The summed E-state index contributed by atoms with van der Waals surface area (Å²) in [5, 5.41) is 13.8. The van der Waals surface area contributed by atoms with E-state index < -0.39 is 16.1 Å². The number of pyridine rings is 1. The lowest BCUT2D eigenvalue weighted by molar-refractivity contribution is 0.246. The molecule has 3 heterocycles. The zero-order valence-corrected chi connectivity index (χ0v) is 14.8. The van der Waals surface area contributed by atoms with E-state index in [-0.39, 0.29) is 5.03 Å². The smallest absolute Gasteiger partial charge is 0.241 e. The van der Waals surface area contributed by atoms with E-state index in [0.29, 0.717) is 24.5 Å². The molecule has 134 valence electrons. The number of benzene rings is 1. The van der Waals surface area contributed by atoms with Gasteiger partial charge in [-0.05, 0) is 35.4 Å². The predicted molar refractivity (Wildman–Crippen MR) is 94.3 cm³/mol. The molecule has 3 aromatic rings. The van der Waals surface area contributed by atoms with E-state index in [1.807, 2.05) is 36.4 Å². The van der Waals surface area contributed by atoms with Gasteiger partial charge >= 0.3 is 0 Å². The highest BCUT2D eigenvalue weighted by molar-refractivity contribution is 7.89. The fourth-order valence-corrected chi connectivity index (χ4v) is 4.84. The molecule has 1 saturated heterocycles. The minimum absolute atomic E-state index is 0.0400. The van der Waals surface area contributed by atoms with Gasteiger partial charge < -0.3 is 0 Å². The van der Waals surface area contributed by atoms with E-state index in [9.17, 15) is 8.42 Å². The molecule has 0 radical (unpaired) electrons. The fraction of sp³-hybridized carbons (Fsp3) is 0.294. The molecule has 26 heavy (non-hydrogen) atoms. The highest BCUT2D eigenvalue weighted by Crippen LogP contribution is 2.33. The topological polar surface area (TPSA) is 105 Å². The fourth-order valence-electron chi connectivity index (χ4n) is 3.22. The van der Waals surface area contributed by atoms with Gasteiger partial charge in [-0.25, -0.2) is 18.5 Å². The van der Waals surface area contributed by atoms with Crippen molar-refractivity contribution in [1.82, 2.24) is 29.9 Å². The Morgan fingerprint density at radius 1 is 1.04 bits per heavy atom. The van der Waals surface area contributed by atoms with Crippen LogP contribution in [0.15, 0.2) is 53.6 Å². The Bertz CT molecular complexity index is 976. The van der Waals surface area contributed by atoms with Crippen LogP contribution < -0.4 is 0 Å². The van der Waals surface area contributed by atoms with Crippen LogP contribution in [0.3, 0.4) is 0 Å². The number of hydrogen-bond donors (Lipinski definition) is 1. The van der Waals surface area contributed by atoms with Crippen LogP contribution in [0.1, 0.15) is 31.1 Å². The van der Waals surface area contributed by atoms with Crippen molar-refractivity contribution in [2.24, 2.45) is 0 Å². The van der Waals surface area contributed by atoms with E-state index in [1.54, 1.807) is 6.07 Å². The summed E-state index contributed by atoms with van der Waals surface area (Å²) in [5.74, 6) is 0.465. The number of nitrogens with one attached hydrogen (secondary N) is 1. The number of piperidine rings is 1. The second-order valence-corrected chi connectivity index (χ2v) is 7.98. The molecule has 0 aliphatic carbocycles. The van der Waals surface area contributed by atoms with Crippen LogP contribution in [0.5, 0.6) is 0 Å². The Hall–Kier alpha value is -2.65. The monoisotopic (exact) mass is 370 g/mol. The van der Waals surface area contributed by atoms with Gasteiger partial charge in [0.05, 0.1) is 11.7 Å². The Morgan fingerprint density at radius 3 is 2.65 bits per heavy atom. The van der Waals surface area contributed by atoms with Crippen LogP contribution in [0.25, 0.3) is 11.3 Å². The van der Waals surface area contributed by atoms with Crippen LogP contribution in [0.2, 0.25) is 0 Å². The van der Waals surface area contributed by atoms with Crippen molar-refractivity contribution >= 4 is 10.0 Å². The molecule has 8 nitrogen and oxygen atoms in total. The van der Waals surface area contributed by atoms with Crippen LogP contribution in [-0.2, 0) is 10.0 Å². The summed E-state index contributed by atoms with van der Waals surface area (Å²) in [6.45, 7) is 0.422. The first-order valence-corrected chi connectivity index (χ1v) is 9.88. The Morgan fingerprint density at radius 2 is 1.88 bits per heavy atom. The van der Waals surface area contributed by atoms with Gasteiger partial charge in [-0.2, -0.15) is 4.31 Å². The zero-order chi connectivity index (χ0) is 18.0. The maximum absolute atomic E-state index is 13.3. The third-order valence-corrected chi connectivity index (χ3v) is 6.31. The lowest BCUT2D eigenvalue weighted by Gasteiger charge is -2.32. The SMILES string of the molecule is O=S(=O)(c1cccc(-c2ccccc2)n1)N1CCCC[C@@H]1c1nnn[nH]1. The van der Waals surface area contributed by atoms with Crippen LogP contribution in [0, 0.1) is 0 Å². The van der Waals surface area contributed by atoms with Gasteiger partial charge in [0.1, 0.15) is 0 Å². The molecule has 0 unspecified atom stereocenters. The quantitative estimate of drug-likeness (QED) is 0.755. The number of rotatable bonds is 4. The van der Waals surface area contributed by atoms with Crippen molar-refractivity contribution in [3.05, 3.63) is 54.4 Å². The van der Waals surface area contributed by atoms with Gasteiger partial charge in [-0.3, -0.25) is 0 Å². The molecule has 2 aromatic heterocycles. The van der Waals surface area contributed by atoms with Gasteiger partial charge in [0.2, 0.25) is 0 Å². The van der Waals surface area contributed by atoms with Crippen molar-refractivity contribution in [2.45, 2.75) is 30.3 Å². The number of sulfonamides is 1. The summed E-state index contributed by atoms with van der Waals surface area (Å²) in [6, 6.07) is 14.2. The molecule has 0 spiro atoms. The number of hydrogen-bond acceptors (Lipinski definition) is 6. The minimum atomic E-state index is -3.76. The second-order valence-electron chi connectivity index (χ2n) is 6.14. The van der Waals surface area contributed by atoms with Crippen molar-refractivity contribution in [3.8, 4) is 11.3 Å². The highest BCUT2D eigenvalue weighted by Gasteiger charge is 2.37. The third kappa shape index (κ3) is 3.11. The molecular weight excluding hydrogens is 352 g/mol. The normalized spacial score (nSPS) is 18.7. The van der Waals surface area contributed by atoms with E-state index in [0.717, 1.165) is 18.4 Å². The molecule has 1 N–H and O–H groups in total. The first-order chi connectivity index (χ1) is 12.7. The molecule has 9 heteroatoms. The summed E-state index contributed by atoms with van der Waals surface area (Å²) < 4.78 is 28.0. The van der Waals surface area contributed by atoms with Gasteiger partial charge in [-0.15, -0.1) is 5.10 Å². The largest absolute Gasteiger partial charge is 0.261 e. The van der Waals surface area contributed by atoms with Gasteiger partial charge in [-0.1, -0.05) is 42.8 Å². The first-order valence-electron chi connectivity index (χ1n) is 8.44. The summed E-state index contributed by atoms with van der Waals surface area (Å²) in [5.41, 5.74) is 1.50. The molecule has 0 bridgehead atoms. The lowest BCUT2D eigenvalue weighted by atomic mass is 10.0. The maximum Gasteiger partial charge on any atom is 0.261 e. The van der Waals surface area contributed by atoms with Crippen molar-refractivity contribution in [3.63, 3.8) is 0 Å². The molecular formula is C17H18N6O2S. The van der Waals surface area contributed by atoms with Crippen LogP contribution >= 0.6 is 0 Å². The number of tetrazole rings is 1. The number of nitrogens with zero attached hydrogens (tertiary/aromatic N) is 5. The molecule has 1 aliphatic rings. The Balaban J connectivity index is 1.72.